The second kappa shape index (κ2) is 8.17. The van der Waals surface area contributed by atoms with Crippen LogP contribution >= 0.6 is 0 Å². The Kier molecular flexibility index (Phi) is 6.24. The summed E-state index contributed by atoms with van der Waals surface area (Å²) in [6.07, 6.45) is -0.209. The van der Waals surface area contributed by atoms with Gasteiger partial charge >= 0.3 is 17.1 Å². The average molecular weight is 333 g/mol. The smallest absolute Gasteiger partial charge is 0.340 e. The van der Waals surface area contributed by atoms with E-state index >= 15 is 0 Å². The molecule has 0 spiro atoms. The maximum Gasteiger partial charge on any atom is 0.340 e. The largest absolute Gasteiger partial charge is 0.371 e. The summed E-state index contributed by atoms with van der Waals surface area (Å²) in [6, 6.07) is 0. The van der Waals surface area contributed by atoms with Crippen molar-refractivity contribution in [3.63, 3.8) is 0 Å². The van der Waals surface area contributed by atoms with Crippen molar-refractivity contribution in [3.05, 3.63) is 31.5 Å². The average Bonchev–Trinajstić information content (AvgIpc) is 3.35. The topological polar surface area (TPSA) is 115 Å². The fourth-order valence-electron chi connectivity index (χ4n) is 1.86. The van der Waals surface area contributed by atoms with Gasteiger partial charge in [0, 0.05) is 14.2 Å². The molecular weight excluding hydrogens is 314 g/mol. The molecule has 11 heteroatoms. The molecule has 0 aliphatic carbocycles. The molecule has 0 N–H and O–H groups in total. The molecule has 0 amide bonds. The number of ether oxygens (including phenoxy) is 5. The van der Waals surface area contributed by atoms with E-state index < -0.39 is 17.1 Å². The Hall–Kier alpha value is -1.79. The Morgan fingerprint density at radius 2 is 1.35 bits per heavy atom. The molecule has 1 aromatic rings. The van der Waals surface area contributed by atoms with E-state index in [1.807, 2.05) is 0 Å². The van der Waals surface area contributed by atoms with Crippen LogP contribution in [0.25, 0.3) is 0 Å². The molecule has 1 aliphatic rings. The lowest BCUT2D eigenvalue weighted by atomic mass is 10.5. The quantitative estimate of drug-likeness (QED) is 0.267. The van der Waals surface area contributed by atoms with Crippen LogP contribution in [0.1, 0.15) is 0 Å². The highest BCUT2D eigenvalue weighted by atomic mass is 16.7. The first-order valence-electron chi connectivity index (χ1n) is 6.79. The summed E-state index contributed by atoms with van der Waals surface area (Å²) < 4.78 is 27.0. The minimum atomic E-state index is -0.833. The first-order chi connectivity index (χ1) is 11.1. The molecule has 1 unspecified atom stereocenters. The summed E-state index contributed by atoms with van der Waals surface area (Å²) >= 11 is 0. The Bertz CT molecular complexity index is 639. The van der Waals surface area contributed by atoms with Gasteiger partial charge < -0.3 is 23.7 Å². The highest BCUT2D eigenvalue weighted by molar-refractivity contribution is 4.81. The minimum absolute atomic E-state index is 0.0620. The van der Waals surface area contributed by atoms with E-state index in [2.05, 4.69) is 0 Å². The molecule has 1 atom stereocenters. The van der Waals surface area contributed by atoms with E-state index in [1.54, 1.807) is 0 Å². The van der Waals surface area contributed by atoms with Gasteiger partial charge in [-0.3, -0.25) is 0 Å². The Morgan fingerprint density at radius 1 is 0.913 bits per heavy atom. The minimum Gasteiger partial charge on any atom is -0.371 e. The van der Waals surface area contributed by atoms with Gasteiger partial charge in [-0.05, 0) is 0 Å². The van der Waals surface area contributed by atoms with Crippen molar-refractivity contribution < 1.29 is 23.7 Å². The molecule has 0 aromatic carbocycles. The third-order valence-electron chi connectivity index (χ3n) is 3.02. The Labute approximate surface area is 130 Å². The van der Waals surface area contributed by atoms with Crippen molar-refractivity contribution in [2.45, 2.75) is 26.1 Å². The zero-order chi connectivity index (χ0) is 16.8. The van der Waals surface area contributed by atoms with Crippen molar-refractivity contribution in [1.29, 1.82) is 0 Å². The second-order valence-corrected chi connectivity index (χ2v) is 4.75. The van der Waals surface area contributed by atoms with Crippen LogP contribution < -0.4 is 17.1 Å². The normalized spacial score (nSPS) is 16.7. The zero-order valence-corrected chi connectivity index (χ0v) is 12.9. The van der Waals surface area contributed by atoms with Crippen molar-refractivity contribution in [3.8, 4) is 0 Å². The molecule has 0 bridgehead atoms. The highest BCUT2D eigenvalue weighted by Crippen LogP contribution is 2.08. The monoisotopic (exact) mass is 333 g/mol. The number of hydrogen-bond donors (Lipinski definition) is 0. The lowest BCUT2D eigenvalue weighted by Crippen LogP contribution is -2.55. The molecule has 11 nitrogen and oxygen atoms in total. The summed E-state index contributed by atoms with van der Waals surface area (Å²) in [5.41, 5.74) is -2.37. The second-order valence-electron chi connectivity index (χ2n) is 4.75. The third kappa shape index (κ3) is 4.36. The van der Waals surface area contributed by atoms with Crippen LogP contribution in [-0.2, 0) is 43.7 Å². The Morgan fingerprint density at radius 3 is 1.74 bits per heavy atom. The molecule has 1 aromatic heterocycles. The standard InChI is InChI=1S/C12H19N3O8/c1-19-7-21-5-14-10(16)13(3-9-4-23-9)11(17)15(12(14)18)6-22-8-20-2/h9H,3-8H2,1-2H3. The lowest BCUT2D eigenvalue weighted by molar-refractivity contribution is -0.0705. The summed E-state index contributed by atoms with van der Waals surface area (Å²) in [5, 5.41) is 0. The van der Waals surface area contributed by atoms with Gasteiger partial charge in [-0.2, -0.15) is 0 Å². The summed E-state index contributed by atoms with van der Waals surface area (Å²) in [7, 11) is 2.82. The van der Waals surface area contributed by atoms with Gasteiger partial charge in [0.05, 0.1) is 19.3 Å². The van der Waals surface area contributed by atoms with Crippen molar-refractivity contribution in [1.82, 2.24) is 13.7 Å². The zero-order valence-electron chi connectivity index (χ0n) is 12.9. The molecular formula is C12H19N3O8. The molecule has 2 heterocycles. The Balaban J connectivity index is 2.38. The van der Waals surface area contributed by atoms with Gasteiger partial charge in [0.2, 0.25) is 0 Å². The SMILES string of the molecule is COCOCn1c(=O)n(COCOC)c(=O)n(CC2CO2)c1=O. The third-order valence-corrected chi connectivity index (χ3v) is 3.02. The van der Waals surface area contributed by atoms with Crippen LogP contribution in [0.4, 0.5) is 0 Å². The maximum atomic E-state index is 12.3. The summed E-state index contributed by atoms with van der Waals surface area (Å²) in [6.45, 7) is -0.366. The van der Waals surface area contributed by atoms with Crippen LogP contribution in [0, 0.1) is 0 Å². The predicted octanol–water partition coefficient (Wildman–Crippen LogP) is -2.27. The number of rotatable bonds is 10. The molecule has 2 rings (SSSR count). The fourth-order valence-corrected chi connectivity index (χ4v) is 1.86. The number of nitrogens with zero attached hydrogens (tertiary/aromatic N) is 3. The molecule has 1 saturated heterocycles. The molecule has 1 aliphatic heterocycles. The van der Waals surface area contributed by atoms with Crippen molar-refractivity contribution >= 4 is 0 Å². The van der Waals surface area contributed by atoms with E-state index in [4.69, 9.17) is 23.7 Å². The van der Waals surface area contributed by atoms with E-state index in [-0.39, 0.29) is 39.7 Å². The van der Waals surface area contributed by atoms with E-state index in [9.17, 15) is 14.4 Å². The number of methoxy groups -OCH3 is 2. The van der Waals surface area contributed by atoms with Crippen LogP contribution in [0.3, 0.4) is 0 Å². The first-order valence-corrected chi connectivity index (χ1v) is 6.79. The van der Waals surface area contributed by atoms with E-state index in [1.165, 1.54) is 14.2 Å². The van der Waals surface area contributed by atoms with Crippen LogP contribution in [0.15, 0.2) is 14.4 Å². The fraction of sp³-hybridized carbons (Fsp3) is 0.750. The van der Waals surface area contributed by atoms with Gasteiger partial charge in [0.1, 0.15) is 27.0 Å². The molecule has 130 valence electrons. The number of aromatic nitrogens is 3. The maximum absolute atomic E-state index is 12.3. The number of epoxide rings is 1. The van der Waals surface area contributed by atoms with Crippen LogP contribution in [0.5, 0.6) is 0 Å². The first kappa shape index (κ1) is 17.6. The lowest BCUT2D eigenvalue weighted by Gasteiger charge is -2.13. The summed E-state index contributed by atoms with van der Waals surface area (Å²) in [4.78, 5) is 36.9. The predicted molar refractivity (Wildman–Crippen MR) is 74.9 cm³/mol. The van der Waals surface area contributed by atoms with Crippen molar-refractivity contribution in [2.24, 2.45) is 0 Å². The van der Waals surface area contributed by atoms with Gasteiger partial charge in [-0.15, -0.1) is 0 Å². The molecule has 0 radical (unpaired) electrons. The van der Waals surface area contributed by atoms with E-state index in [0.29, 0.717) is 6.61 Å². The van der Waals surface area contributed by atoms with E-state index in [0.717, 1.165) is 13.7 Å². The van der Waals surface area contributed by atoms with Crippen LogP contribution in [-0.4, -0.2) is 54.2 Å². The molecule has 0 saturated carbocycles. The number of hydrogen-bond acceptors (Lipinski definition) is 8. The van der Waals surface area contributed by atoms with Gasteiger partial charge in [0.25, 0.3) is 0 Å². The van der Waals surface area contributed by atoms with Gasteiger partial charge in [-0.1, -0.05) is 0 Å². The highest BCUT2D eigenvalue weighted by Gasteiger charge is 2.26. The van der Waals surface area contributed by atoms with Crippen molar-refractivity contribution in [2.75, 3.05) is 34.4 Å². The van der Waals surface area contributed by atoms with Gasteiger partial charge in [0.15, 0.2) is 0 Å². The summed E-state index contributed by atoms with van der Waals surface area (Å²) in [5.74, 6) is 0. The molecule has 23 heavy (non-hydrogen) atoms. The van der Waals surface area contributed by atoms with Gasteiger partial charge in [-0.25, -0.2) is 28.1 Å². The molecule has 1 fully saturated rings. The van der Waals surface area contributed by atoms with Crippen LogP contribution in [0.2, 0.25) is 0 Å².